The van der Waals surface area contributed by atoms with Crippen LogP contribution in [0.15, 0.2) is 0 Å². The second-order valence-electron chi connectivity index (χ2n) is 5.91. The fourth-order valence-corrected chi connectivity index (χ4v) is 3.50. The Kier molecular flexibility index (Phi) is 5.32. The molecule has 0 aromatic carbocycles. The topological polar surface area (TPSA) is 24.1 Å². The molecule has 2 nitrogen and oxygen atoms in total. The summed E-state index contributed by atoms with van der Waals surface area (Å²) in [7, 11) is 0. The van der Waals surface area contributed by atoms with Crippen molar-refractivity contribution in [2.75, 3.05) is 24.1 Å². The maximum atomic E-state index is 3.51. The van der Waals surface area contributed by atoms with E-state index >= 15 is 0 Å². The maximum absolute atomic E-state index is 3.51. The molecule has 0 unspecified atom stereocenters. The van der Waals surface area contributed by atoms with E-state index in [9.17, 15) is 0 Å². The molecule has 0 saturated carbocycles. The summed E-state index contributed by atoms with van der Waals surface area (Å²) in [4.78, 5) is 0. The molecule has 2 rings (SSSR count). The molecule has 2 heterocycles. The van der Waals surface area contributed by atoms with Crippen LogP contribution in [0.3, 0.4) is 0 Å². The van der Waals surface area contributed by atoms with Crippen molar-refractivity contribution >= 4 is 22.6 Å². The first-order valence-electron chi connectivity index (χ1n) is 5.99. The van der Waals surface area contributed by atoms with Gasteiger partial charge in [-0.2, -0.15) is 0 Å². The number of hydrogen-bond acceptors (Lipinski definition) is 2. The molecule has 2 aliphatic heterocycles. The highest BCUT2D eigenvalue weighted by Gasteiger charge is 2.38. The Labute approximate surface area is 108 Å². The van der Waals surface area contributed by atoms with Gasteiger partial charge in [-0.15, -0.1) is 0 Å². The minimum atomic E-state index is 0.543. The zero-order chi connectivity index (χ0) is 11.4. The molecule has 3 heteroatoms. The number of nitrogens with one attached hydrogen (secondary N) is 2. The van der Waals surface area contributed by atoms with Crippen LogP contribution in [0.1, 0.15) is 40.0 Å². The van der Waals surface area contributed by atoms with Gasteiger partial charge in [0.05, 0.1) is 0 Å². The number of rotatable bonds is 1. The van der Waals surface area contributed by atoms with Crippen LogP contribution in [0, 0.1) is 5.41 Å². The first kappa shape index (κ1) is 13.7. The van der Waals surface area contributed by atoms with Crippen LogP contribution < -0.4 is 10.6 Å². The van der Waals surface area contributed by atoms with Crippen molar-refractivity contribution in [3.63, 3.8) is 0 Å². The monoisotopic (exact) mass is 324 g/mol. The highest BCUT2D eigenvalue weighted by molar-refractivity contribution is 14.1. The largest absolute Gasteiger partial charge is 0.313 e. The lowest BCUT2D eigenvalue weighted by atomic mass is 9.91. The van der Waals surface area contributed by atoms with Crippen molar-refractivity contribution in [2.24, 2.45) is 5.41 Å². The summed E-state index contributed by atoms with van der Waals surface area (Å²) in [5, 5.41) is 6.79. The molecule has 0 atom stereocenters. The summed E-state index contributed by atoms with van der Waals surface area (Å²) in [5.74, 6) is 0. The number of alkyl halides is 1. The Hall–Kier alpha value is 0.650. The van der Waals surface area contributed by atoms with Gasteiger partial charge < -0.3 is 10.6 Å². The van der Waals surface area contributed by atoms with Crippen LogP contribution in [0.4, 0.5) is 0 Å². The smallest absolute Gasteiger partial charge is 0.0432 e. The first-order valence-corrected chi connectivity index (χ1v) is 7.52. The summed E-state index contributed by atoms with van der Waals surface area (Å²) >= 11 is 2.41. The average Bonchev–Trinajstić information content (AvgIpc) is 2.49. The highest BCUT2D eigenvalue weighted by atomic mass is 127. The molecule has 0 amide bonds. The van der Waals surface area contributed by atoms with Gasteiger partial charge in [0.15, 0.2) is 0 Å². The lowest BCUT2D eigenvalue weighted by molar-refractivity contribution is 0.248. The summed E-state index contributed by atoms with van der Waals surface area (Å²) in [5.41, 5.74) is 1.10. The number of halogens is 1. The fraction of sp³-hybridized carbons (Fsp3) is 1.00. The zero-order valence-corrected chi connectivity index (χ0v) is 12.5. The minimum Gasteiger partial charge on any atom is -0.313 e. The van der Waals surface area contributed by atoms with Gasteiger partial charge in [0, 0.05) is 23.1 Å². The van der Waals surface area contributed by atoms with Crippen LogP contribution in [-0.2, 0) is 0 Å². The minimum absolute atomic E-state index is 0.543. The van der Waals surface area contributed by atoms with Gasteiger partial charge in [-0.05, 0) is 31.2 Å². The predicted octanol–water partition coefficient (Wildman–Crippen LogP) is 2.57. The van der Waals surface area contributed by atoms with Gasteiger partial charge in [0.2, 0.25) is 0 Å². The van der Waals surface area contributed by atoms with Gasteiger partial charge in [-0.3, -0.25) is 0 Å². The molecule has 2 saturated heterocycles. The molecule has 1 spiro atoms. The predicted molar refractivity (Wildman–Crippen MR) is 75.8 cm³/mol. The average molecular weight is 324 g/mol. The summed E-state index contributed by atoms with van der Waals surface area (Å²) in [6.07, 6.45) is 4.09. The van der Waals surface area contributed by atoms with E-state index in [2.05, 4.69) is 54.0 Å². The molecule has 0 radical (unpaired) electrons. The molecule has 2 N–H and O–H groups in total. The van der Waals surface area contributed by atoms with Crippen molar-refractivity contribution in [2.45, 2.75) is 45.6 Å². The molecule has 15 heavy (non-hydrogen) atoms. The van der Waals surface area contributed by atoms with E-state index < -0.39 is 0 Å². The van der Waals surface area contributed by atoms with Crippen molar-refractivity contribution in [3.05, 3.63) is 0 Å². The van der Waals surface area contributed by atoms with E-state index in [-0.39, 0.29) is 0 Å². The maximum Gasteiger partial charge on any atom is 0.0432 e. The van der Waals surface area contributed by atoms with E-state index in [1.54, 1.807) is 0 Å². The zero-order valence-electron chi connectivity index (χ0n) is 10.3. The van der Waals surface area contributed by atoms with E-state index in [4.69, 9.17) is 0 Å². The van der Waals surface area contributed by atoms with Crippen LogP contribution in [0.2, 0.25) is 0 Å². The summed E-state index contributed by atoms with van der Waals surface area (Å²) in [6, 6.07) is 0. The van der Waals surface area contributed by atoms with Gasteiger partial charge in [-0.1, -0.05) is 43.4 Å². The van der Waals surface area contributed by atoms with Gasteiger partial charge in [-0.25, -0.2) is 0 Å². The molecule has 0 aromatic heterocycles. The van der Waals surface area contributed by atoms with E-state index in [1.807, 2.05) is 0 Å². The van der Waals surface area contributed by atoms with Crippen LogP contribution >= 0.6 is 22.6 Å². The Morgan fingerprint density at radius 2 is 1.93 bits per heavy atom. The van der Waals surface area contributed by atoms with Crippen LogP contribution in [0.5, 0.6) is 0 Å². The molecule has 0 aliphatic carbocycles. The Morgan fingerprint density at radius 3 is 2.07 bits per heavy atom. The standard InChI is InChI=1S/C6H13I.C6H12N2/c1-6(2,3)4-5-7;1-2-6(8-3-1)4-7-5-6/h4-5H2,1-3H3;7-8H,1-5H2. The third-order valence-corrected chi connectivity index (χ3v) is 3.64. The Morgan fingerprint density at radius 1 is 1.27 bits per heavy atom. The molecule has 90 valence electrons. The third kappa shape index (κ3) is 5.00. The third-order valence-electron chi connectivity index (χ3n) is 3.10. The van der Waals surface area contributed by atoms with Crippen molar-refractivity contribution < 1.29 is 0 Å². The molecule has 0 bridgehead atoms. The Bertz CT molecular complexity index is 175. The highest BCUT2D eigenvalue weighted by Crippen LogP contribution is 2.22. The number of hydrogen-bond donors (Lipinski definition) is 2. The molecule has 0 aromatic rings. The lowest BCUT2D eigenvalue weighted by Gasteiger charge is -2.39. The molecule has 2 fully saturated rings. The van der Waals surface area contributed by atoms with Gasteiger partial charge in [0.1, 0.15) is 0 Å². The SMILES string of the molecule is C1CNC2(C1)CNC2.CC(C)(C)CCI. The van der Waals surface area contributed by atoms with Gasteiger partial charge in [0.25, 0.3) is 0 Å². The van der Waals surface area contributed by atoms with Gasteiger partial charge >= 0.3 is 0 Å². The van der Waals surface area contributed by atoms with Crippen LogP contribution in [-0.4, -0.2) is 29.6 Å². The van der Waals surface area contributed by atoms with E-state index in [0.717, 1.165) is 0 Å². The van der Waals surface area contributed by atoms with Crippen molar-refractivity contribution in [3.8, 4) is 0 Å². The Balaban J connectivity index is 0.000000153. The van der Waals surface area contributed by atoms with E-state index in [0.29, 0.717) is 11.0 Å². The first-order chi connectivity index (χ1) is 6.97. The summed E-state index contributed by atoms with van der Waals surface area (Å²) in [6.45, 7) is 10.4. The molecule has 2 aliphatic rings. The molecular formula is C12H25IN2. The second kappa shape index (κ2) is 5.82. The normalized spacial score (nSPS) is 23.2. The van der Waals surface area contributed by atoms with Crippen molar-refractivity contribution in [1.29, 1.82) is 0 Å². The fourth-order valence-electron chi connectivity index (χ4n) is 1.88. The second-order valence-corrected chi connectivity index (χ2v) is 6.99. The van der Waals surface area contributed by atoms with Crippen molar-refractivity contribution in [1.82, 2.24) is 10.6 Å². The quantitative estimate of drug-likeness (QED) is 0.572. The summed E-state index contributed by atoms with van der Waals surface area (Å²) < 4.78 is 1.28. The van der Waals surface area contributed by atoms with E-state index in [1.165, 1.54) is 43.3 Å². The lowest BCUT2D eigenvalue weighted by Crippen LogP contribution is -2.64. The molecular weight excluding hydrogens is 299 g/mol. The van der Waals surface area contributed by atoms with Crippen LogP contribution in [0.25, 0.3) is 0 Å².